The lowest BCUT2D eigenvalue weighted by atomic mass is 9.90. The largest absolute Gasteiger partial charge is 0.390 e. The number of allylic oxidation sites excluding steroid dienone is 6. The van der Waals surface area contributed by atoms with Crippen LogP contribution >= 0.6 is 0 Å². The number of hydrogen-bond donors (Lipinski definition) is 1. The summed E-state index contributed by atoms with van der Waals surface area (Å²) < 4.78 is 0. The molecule has 2 heterocycles. The van der Waals surface area contributed by atoms with Crippen molar-refractivity contribution in [3.8, 4) is 0 Å². The average Bonchev–Trinajstić information content (AvgIpc) is 2.43. The van der Waals surface area contributed by atoms with Crippen LogP contribution in [0.15, 0.2) is 59.5 Å². The lowest BCUT2D eigenvalue weighted by Crippen LogP contribution is -2.52. The van der Waals surface area contributed by atoms with E-state index in [-0.39, 0.29) is 6.10 Å². The van der Waals surface area contributed by atoms with Gasteiger partial charge in [0.25, 0.3) is 0 Å². The van der Waals surface area contributed by atoms with Crippen LogP contribution in [0.4, 0.5) is 0 Å². The summed E-state index contributed by atoms with van der Waals surface area (Å²) in [6.07, 6.45) is 12.2. The predicted molar refractivity (Wildman–Crippen MR) is 86.5 cm³/mol. The Labute approximate surface area is 127 Å². The predicted octanol–water partition coefficient (Wildman–Crippen LogP) is 2.45. The second-order valence-electron chi connectivity index (χ2n) is 6.36. The number of hydrogen-bond acceptors (Lipinski definition) is 3. The highest BCUT2D eigenvalue weighted by Gasteiger charge is 2.26. The summed E-state index contributed by atoms with van der Waals surface area (Å²) in [5.41, 5.74) is 4.85. The van der Waals surface area contributed by atoms with Crippen LogP contribution in [-0.2, 0) is 0 Å². The summed E-state index contributed by atoms with van der Waals surface area (Å²) in [5, 5.41) is 9.33. The van der Waals surface area contributed by atoms with Gasteiger partial charge in [-0.05, 0) is 42.1 Å². The monoisotopic (exact) mass is 284 g/mol. The summed E-state index contributed by atoms with van der Waals surface area (Å²) in [5.74, 6) is 0.572. The van der Waals surface area contributed by atoms with Crippen molar-refractivity contribution >= 4 is 0 Å². The number of rotatable bonds is 3. The minimum absolute atomic E-state index is 0.104. The SMILES string of the molecule is C=C1C(C)=CC(C2=CCC(CN3CC(O)C3)C=C2)=CN1C. The van der Waals surface area contributed by atoms with Crippen molar-refractivity contribution in [2.75, 3.05) is 26.7 Å². The molecule has 0 bridgehead atoms. The van der Waals surface area contributed by atoms with E-state index in [4.69, 9.17) is 0 Å². The first-order chi connectivity index (χ1) is 10.0. The molecule has 3 nitrogen and oxygen atoms in total. The zero-order chi connectivity index (χ0) is 15.0. The van der Waals surface area contributed by atoms with Gasteiger partial charge in [-0.3, -0.25) is 4.90 Å². The van der Waals surface area contributed by atoms with Gasteiger partial charge in [0.15, 0.2) is 0 Å². The lowest BCUT2D eigenvalue weighted by Gasteiger charge is -2.38. The zero-order valence-corrected chi connectivity index (χ0v) is 12.9. The first-order valence-electron chi connectivity index (χ1n) is 7.64. The van der Waals surface area contributed by atoms with Crippen molar-refractivity contribution in [1.82, 2.24) is 9.80 Å². The fourth-order valence-electron chi connectivity index (χ4n) is 3.11. The molecule has 0 aromatic heterocycles. The van der Waals surface area contributed by atoms with E-state index in [0.29, 0.717) is 5.92 Å². The second kappa shape index (κ2) is 5.66. The Morgan fingerprint density at radius 1 is 1.33 bits per heavy atom. The van der Waals surface area contributed by atoms with E-state index < -0.39 is 0 Å². The van der Waals surface area contributed by atoms with E-state index >= 15 is 0 Å². The first-order valence-corrected chi connectivity index (χ1v) is 7.64. The Morgan fingerprint density at radius 2 is 2.10 bits per heavy atom. The summed E-state index contributed by atoms with van der Waals surface area (Å²) in [4.78, 5) is 4.41. The van der Waals surface area contributed by atoms with Gasteiger partial charge < -0.3 is 10.0 Å². The maximum absolute atomic E-state index is 9.33. The van der Waals surface area contributed by atoms with Crippen LogP contribution in [-0.4, -0.2) is 47.7 Å². The third kappa shape index (κ3) is 3.04. The molecular formula is C18H24N2O. The second-order valence-corrected chi connectivity index (χ2v) is 6.36. The molecule has 1 aliphatic carbocycles. The first kappa shape index (κ1) is 14.4. The van der Waals surface area contributed by atoms with E-state index in [1.54, 1.807) is 0 Å². The van der Waals surface area contributed by atoms with Gasteiger partial charge in [0, 0.05) is 38.6 Å². The number of likely N-dealkylation sites (N-methyl/N-ethyl adjacent to an activating group) is 1. The number of aliphatic hydroxyl groups is 1. The highest BCUT2D eigenvalue weighted by molar-refractivity contribution is 5.53. The highest BCUT2D eigenvalue weighted by Crippen LogP contribution is 2.29. The minimum Gasteiger partial charge on any atom is -0.390 e. The van der Waals surface area contributed by atoms with Crippen molar-refractivity contribution in [2.45, 2.75) is 19.4 Å². The van der Waals surface area contributed by atoms with Gasteiger partial charge in [0.1, 0.15) is 0 Å². The molecule has 0 aromatic rings. The molecule has 2 aliphatic heterocycles. The van der Waals surface area contributed by atoms with Crippen molar-refractivity contribution in [1.29, 1.82) is 0 Å². The van der Waals surface area contributed by atoms with Crippen LogP contribution in [0, 0.1) is 5.92 Å². The molecule has 3 rings (SSSR count). The molecule has 0 radical (unpaired) electrons. The quantitative estimate of drug-likeness (QED) is 0.862. The third-order valence-electron chi connectivity index (χ3n) is 4.54. The van der Waals surface area contributed by atoms with E-state index in [9.17, 15) is 5.11 Å². The topological polar surface area (TPSA) is 26.7 Å². The van der Waals surface area contributed by atoms with Crippen LogP contribution in [0.25, 0.3) is 0 Å². The molecular weight excluding hydrogens is 260 g/mol. The normalized spacial score (nSPS) is 27.2. The minimum atomic E-state index is -0.104. The zero-order valence-electron chi connectivity index (χ0n) is 12.9. The number of aliphatic hydroxyl groups excluding tert-OH is 1. The van der Waals surface area contributed by atoms with Crippen LogP contribution < -0.4 is 0 Å². The fourth-order valence-corrected chi connectivity index (χ4v) is 3.11. The van der Waals surface area contributed by atoms with Gasteiger partial charge in [-0.15, -0.1) is 0 Å². The molecule has 1 N–H and O–H groups in total. The van der Waals surface area contributed by atoms with Crippen molar-refractivity contribution < 1.29 is 5.11 Å². The Hall–Kier alpha value is -1.58. The van der Waals surface area contributed by atoms with Gasteiger partial charge in [-0.1, -0.05) is 24.8 Å². The highest BCUT2D eigenvalue weighted by atomic mass is 16.3. The van der Waals surface area contributed by atoms with Gasteiger partial charge in [-0.2, -0.15) is 0 Å². The third-order valence-corrected chi connectivity index (χ3v) is 4.54. The Morgan fingerprint density at radius 3 is 2.67 bits per heavy atom. The molecule has 1 saturated heterocycles. The van der Waals surface area contributed by atoms with Crippen molar-refractivity contribution in [2.24, 2.45) is 5.92 Å². The molecule has 112 valence electrons. The molecule has 21 heavy (non-hydrogen) atoms. The molecule has 0 amide bonds. The van der Waals surface area contributed by atoms with Crippen LogP contribution in [0.1, 0.15) is 13.3 Å². The Balaban J connectivity index is 1.62. The van der Waals surface area contributed by atoms with E-state index in [2.05, 4.69) is 53.8 Å². The Bertz CT molecular complexity index is 562. The summed E-state index contributed by atoms with van der Waals surface area (Å²) in [7, 11) is 2.05. The van der Waals surface area contributed by atoms with E-state index in [1.807, 2.05) is 7.05 Å². The number of β-amino-alcohol motifs (C(OH)–C–C–N with tert-alkyl or cyclic N) is 1. The van der Waals surface area contributed by atoms with Gasteiger partial charge in [-0.25, -0.2) is 0 Å². The lowest BCUT2D eigenvalue weighted by molar-refractivity contribution is -0.00312. The summed E-state index contributed by atoms with van der Waals surface area (Å²) >= 11 is 0. The molecule has 1 unspecified atom stereocenters. The van der Waals surface area contributed by atoms with Gasteiger partial charge in [0.2, 0.25) is 0 Å². The molecule has 1 atom stereocenters. The van der Waals surface area contributed by atoms with Crippen LogP contribution in [0.3, 0.4) is 0 Å². The molecule has 1 fully saturated rings. The molecule has 0 aromatic carbocycles. The van der Waals surface area contributed by atoms with Gasteiger partial charge >= 0.3 is 0 Å². The standard InChI is InChI=1S/C18H24N2O/c1-13-8-17(10-19(3)14(13)2)16-6-4-15(5-7-16)9-20-11-18(21)12-20/h4,6-8,10,15,18,21H,2,5,9,11-12H2,1,3H3. The average molecular weight is 284 g/mol. The molecule has 0 saturated carbocycles. The molecule has 0 spiro atoms. The maximum atomic E-state index is 9.33. The summed E-state index contributed by atoms with van der Waals surface area (Å²) in [6, 6.07) is 0. The van der Waals surface area contributed by atoms with Crippen molar-refractivity contribution in [3.63, 3.8) is 0 Å². The molecule has 3 heteroatoms. The van der Waals surface area contributed by atoms with E-state index in [0.717, 1.165) is 31.8 Å². The fraction of sp³-hybridized carbons (Fsp3) is 0.444. The summed E-state index contributed by atoms with van der Waals surface area (Å²) in [6.45, 7) is 8.91. The van der Waals surface area contributed by atoms with E-state index in [1.165, 1.54) is 16.7 Å². The smallest absolute Gasteiger partial charge is 0.0793 e. The molecule has 3 aliphatic rings. The van der Waals surface area contributed by atoms with Crippen LogP contribution in [0.5, 0.6) is 0 Å². The maximum Gasteiger partial charge on any atom is 0.0793 e. The van der Waals surface area contributed by atoms with Crippen LogP contribution in [0.2, 0.25) is 0 Å². The number of nitrogens with zero attached hydrogens (tertiary/aromatic N) is 2. The number of likely N-dealkylation sites (tertiary alicyclic amines) is 1. The van der Waals surface area contributed by atoms with Crippen molar-refractivity contribution in [3.05, 3.63) is 59.5 Å². The Kier molecular flexibility index (Phi) is 3.87. The van der Waals surface area contributed by atoms with Gasteiger partial charge in [0.05, 0.1) is 6.10 Å².